The molecular weight excluding hydrogens is 420 g/mol. The van der Waals surface area contributed by atoms with Gasteiger partial charge in [-0.15, -0.1) is 0 Å². The Morgan fingerprint density at radius 1 is 1.03 bits per heavy atom. The van der Waals surface area contributed by atoms with Crippen molar-refractivity contribution in [3.63, 3.8) is 0 Å². The highest BCUT2D eigenvalue weighted by Crippen LogP contribution is 2.30. The first-order valence-electron chi connectivity index (χ1n) is 11.0. The number of para-hydroxylation sites is 1. The Kier molecular flexibility index (Phi) is 7.16. The fraction of sp³-hybridized carbons (Fsp3) is 0.360. The molecule has 174 valence electrons. The van der Waals surface area contributed by atoms with Gasteiger partial charge in [-0.1, -0.05) is 49.4 Å². The Labute approximate surface area is 193 Å². The summed E-state index contributed by atoms with van der Waals surface area (Å²) < 4.78 is 0. The molecular formula is C25H30N4O4. The molecule has 2 aromatic rings. The number of hydrogen-bond acceptors (Lipinski definition) is 4. The van der Waals surface area contributed by atoms with Crippen LogP contribution in [0.3, 0.4) is 0 Å². The number of aryl methyl sites for hydroxylation is 2. The lowest BCUT2D eigenvalue weighted by Gasteiger charge is -2.25. The summed E-state index contributed by atoms with van der Waals surface area (Å²) in [5.74, 6) is -1.29. The molecule has 1 aliphatic heterocycles. The molecule has 1 atom stereocenters. The molecule has 0 saturated carbocycles. The van der Waals surface area contributed by atoms with Crippen LogP contribution in [-0.4, -0.2) is 53.2 Å². The summed E-state index contributed by atoms with van der Waals surface area (Å²) in [6.07, 6.45) is 0.629. The number of urea groups is 1. The fourth-order valence-electron chi connectivity index (χ4n) is 4.03. The summed E-state index contributed by atoms with van der Waals surface area (Å²) in [7, 11) is 0. The van der Waals surface area contributed by atoms with Crippen LogP contribution in [0.5, 0.6) is 0 Å². The van der Waals surface area contributed by atoms with E-state index >= 15 is 0 Å². The third-order valence-electron chi connectivity index (χ3n) is 5.85. The van der Waals surface area contributed by atoms with Gasteiger partial charge >= 0.3 is 6.03 Å². The molecule has 1 aliphatic rings. The van der Waals surface area contributed by atoms with Crippen LogP contribution in [0.15, 0.2) is 48.5 Å². The summed E-state index contributed by atoms with van der Waals surface area (Å²) >= 11 is 0. The van der Waals surface area contributed by atoms with E-state index < -0.39 is 29.9 Å². The second-order valence-electron chi connectivity index (χ2n) is 8.44. The lowest BCUT2D eigenvalue weighted by molar-refractivity contribution is -0.140. The zero-order chi connectivity index (χ0) is 24.2. The molecule has 0 bridgehead atoms. The molecule has 1 heterocycles. The van der Waals surface area contributed by atoms with Crippen LogP contribution in [0, 0.1) is 13.8 Å². The van der Waals surface area contributed by atoms with Crippen molar-refractivity contribution in [3.8, 4) is 0 Å². The molecule has 0 aliphatic carbocycles. The molecule has 1 unspecified atom stereocenters. The van der Waals surface area contributed by atoms with Crippen LogP contribution in [-0.2, 0) is 19.9 Å². The van der Waals surface area contributed by atoms with Crippen molar-refractivity contribution >= 4 is 29.4 Å². The van der Waals surface area contributed by atoms with Crippen LogP contribution in [0.25, 0.3) is 0 Å². The number of carbonyl (C=O) groups excluding carboxylic acids is 4. The van der Waals surface area contributed by atoms with Gasteiger partial charge in [0.2, 0.25) is 11.8 Å². The Hall–Kier alpha value is -3.68. The van der Waals surface area contributed by atoms with Crippen molar-refractivity contribution in [3.05, 3.63) is 65.2 Å². The first kappa shape index (κ1) is 24.0. The van der Waals surface area contributed by atoms with E-state index in [2.05, 4.69) is 10.6 Å². The van der Waals surface area contributed by atoms with Gasteiger partial charge in [0.15, 0.2) is 0 Å². The Morgan fingerprint density at radius 2 is 1.67 bits per heavy atom. The minimum Gasteiger partial charge on any atom is -0.332 e. The predicted molar refractivity (Wildman–Crippen MR) is 125 cm³/mol. The molecule has 2 N–H and O–H groups in total. The number of hydrogen-bond donors (Lipinski definition) is 2. The number of amides is 5. The molecule has 8 heteroatoms. The van der Waals surface area contributed by atoms with E-state index in [0.29, 0.717) is 24.2 Å². The summed E-state index contributed by atoms with van der Waals surface area (Å²) in [5, 5.41) is 5.54. The monoisotopic (exact) mass is 450 g/mol. The third-order valence-corrected chi connectivity index (χ3v) is 5.85. The van der Waals surface area contributed by atoms with Crippen molar-refractivity contribution in [2.75, 3.05) is 25.0 Å². The number of nitrogens with one attached hydrogen (secondary N) is 2. The van der Waals surface area contributed by atoms with E-state index in [1.807, 2.05) is 51.1 Å². The predicted octanol–water partition coefficient (Wildman–Crippen LogP) is 2.95. The molecule has 0 aromatic heterocycles. The van der Waals surface area contributed by atoms with E-state index in [1.165, 1.54) is 4.90 Å². The Balaban J connectivity index is 1.71. The van der Waals surface area contributed by atoms with Gasteiger partial charge in [-0.2, -0.15) is 0 Å². The smallest absolute Gasteiger partial charge is 0.325 e. The van der Waals surface area contributed by atoms with Crippen molar-refractivity contribution < 1.29 is 19.2 Å². The minimum absolute atomic E-state index is 0.167. The van der Waals surface area contributed by atoms with Crippen LogP contribution in [0.2, 0.25) is 0 Å². The van der Waals surface area contributed by atoms with Gasteiger partial charge in [0.05, 0.1) is 6.54 Å². The quantitative estimate of drug-likeness (QED) is 0.604. The maximum Gasteiger partial charge on any atom is 0.325 e. The van der Waals surface area contributed by atoms with Gasteiger partial charge in [0.25, 0.3) is 5.91 Å². The van der Waals surface area contributed by atoms with Gasteiger partial charge < -0.3 is 15.5 Å². The second-order valence-corrected chi connectivity index (χ2v) is 8.44. The van der Waals surface area contributed by atoms with E-state index in [-0.39, 0.29) is 12.5 Å². The van der Waals surface area contributed by atoms with Gasteiger partial charge in [0.1, 0.15) is 12.1 Å². The highest BCUT2D eigenvalue weighted by molar-refractivity contribution is 6.09. The van der Waals surface area contributed by atoms with Gasteiger partial charge in [-0.3, -0.25) is 19.3 Å². The largest absolute Gasteiger partial charge is 0.332 e. The van der Waals surface area contributed by atoms with Gasteiger partial charge in [0, 0.05) is 12.2 Å². The molecule has 1 saturated heterocycles. The van der Waals surface area contributed by atoms with Crippen LogP contribution in [0.1, 0.15) is 37.0 Å². The normalized spacial score (nSPS) is 17.6. The first-order chi connectivity index (χ1) is 15.7. The van der Waals surface area contributed by atoms with E-state index in [1.54, 1.807) is 25.1 Å². The number of benzene rings is 2. The first-order valence-corrected chi connectivity index (χ1v) is 11.0. The average Bonchev–Trinajstić information content (AvgIpc) is 2.99. The molecule has 0 radical (unpaired) electrons. The number of anilines is 1. The van der Waals surface area contributed by atoms with Gasteiger partial charge in [-0.05, 0) is 49.9 Å². The molecule has 3 rings (SSSR count). The highest BCUT2D eigenvalue weighted by Gasteiger charge is 2.50. The number of nitrogens with zero attached hydrogens (tertiary/aromatic N) is 2. The average molecular weight is 451 g/mol. The fourth-order valence-corrected chi connectivity index (χ4v) is 4.03. The van der Waals surface area contributed by atoms with Crippen molar-refractivity contribution in [2.24, 2.45) is 0 Å². The van der Waals surface area contributed by atoms with Crippen LogP contribution < -0.4 is 10.6 Å². The molecule has 2 aromatic carbocycles. The number of carbonyl (C=O) groups is 4. The lowest BCUT2D eigenvalue weighted by atomic mass is 9.88. The number of rotatable bonds is 8. The molecule has 5 amide bonds. The minimum atomic E-state index is -1.25. The topological polar surface area (TPSA) is 98.8 Å². The second kappa shape index (κ2) is 9.85. The lowest BCUT2D eigenvalue weighted by Crippen LogP contribution is -2.46. The Morgan fingerprint density at radius 3 is 2.30 bits per heavy atom. The number of imide groups is 1. The summed E-state index contributed by atoms with van der Waals surface area (Å²) in [5.41, 5.74) is 1.88. The van der Waals surface area contributed by atoms with Crippen LogP contribution in [0.4, 0.5) is 10.5 Å². The standard InChI is InChI=1S/C25H30N4O4/c1-5-14-28(15-21(30)26-20-13-9-7-11-18(20)3)22(31)16-29-23(32)25(4,27-24(29)33)19-12-8-6-10-17(19)2/h6-13H,5,14-16H2,1-4H3,(H,26,30)(H,27,33). The zero-order valence-corrected chi connectivity index (χ0v) is 19.5. The SMILES string of the molecule is CCCN(CC(=O)Nc1ccccc1C)C(=O)CN1C(=O)NC(C)(c2ccccc2C)C1=O. The molecule has 33 heavy (non-hydrogen) atoms. The van der Waals surface area contributed by atoms with Crippen molar-refractivity contribution in [1.29, 1.82) is 0 Å². The van der Waals surface area contributed by atoms with E-state index in [9.17, 15) is 19.2 Å². The summed E-state index contributed by atoms with van der Waals surface area (Å²) in [6.45, 7) is 7.02. The maximum absolute atomic E-state index is 13.2. The van der Waals surface area contributed by atoms with E-state index in [4.69, 9.17) is 0 Å². The molecule has 8 nitrogen and oxygen atoms in total. The van der Waals surface area contributed by atoms with Crippen LogP contribution >= 0.6 is 0 Å². The van der Waals surface area contributed by atoms with Crippen molar-refractivity contribution in [1.82, 2.24) is 15.1 Å². The molecule has 1 fully saturated rings. The van der Waals surface area contributed by atoms with E-state index in [0.717, 1.165) is 16.0 Å². The Bertz CT molecular complexity index is 1080. The third kappa shape index (κ3) is 5.05. The summed E-state index contributed by atoms with van der Waals surface area (Å²) in [6, 6.07) is 14.1. The maximum atomic E-state index is 13.2. The van der Waals surface area contributed by atoms with Gasteiger partial charge in [-0.25, -0.2) is 4.79 Å². The summed E-state index contributed by atoms with van der Waals surface area (Å²) in [4.78, 5) is 53.7. The van der Waals surface area contributed by atoms with Crippen molar-refractivity contribution in [2.45, 2.75) is 39.7 Å². The zero-order valence-electron chi connectivity index (χ0n) is 19.5. The highest BCUT2D eigenvalue weighted by atomic mass is 16.2. The molecule has 0 spiro atoms.